The van der Waals surface area contributed by atoms with Crippen molar-refractivity contribution in [2.24, 2.45) is 0 Å². The van der Waals surface area contributed by atoms with Crippen molar-refractivity contribution in [1.29, 1.82) is 0 Å². The number of halogens is 2. The van der Waals surface area contributed by atoms with E-state index in [0.717, 1.165) is 35.8 Å². The number of carbonyl (C=O) groups excluding carboxylic acids is 1. The summed E-state index contributed by atoms with van der Waals surface area (Å²) in [6, 6.07) is 7.51. The lowest BCUT2D eigenvalue weighted by atomic mass is 10.1. The molecule has 1 aromatic carbocycles. The molecule has 2 saturated heterocycles. The number of hydrogen-bond acceptors (Lipinski definition) is 6. The van der Waals surface area contributed by atoms with Crippen LogP contribution in [0.3, 0.4) is 0 Å². The molecule has 2 aliphatic rings. The van der Waals surface area contributed by atoms with Crippen LogP contribution in [0.2, 0.25) is 0 Å². The molecule has 2 aliphatic heterocycles. The third-order valence-corrected chi connectivity index (χ3v) is 9.41. The number of piperidine rings is 1. The average Bonchev–Trinajstić information content (AvgIpc) is 3.27. The minimum absolute atomic E-state index is 0.155. The molecule has 0 radical (unpaired) electrons. The molecule has 0 spiro atoms. The van der Waals surface area contributed by atoms with Crippen molar-refractivity contribution in [3.63, 3.8) is 0 Å². The Hall–Kier alpha value is -2.95. The first-order chi connectivity index (χ1) is 16.6. The van der Waals surface area contributed by atoms with Crippen LogP contribution in [0.1, 0.15) is 28.8 Å². The van der Waals surface area contributed by atoms with Gasteiger partial charge in [-0.15, -0.1) is 0 Å². The second kappa shape index (κ2) is 8.92. The van der Waals surface area contributed by atoms with E-state index < -0.39 is 16.0 Å². The van der Waals surface area contributed by atoms with Crippen molar-refractivity contribution in [1.82, 2.24) is 19.6 Å². The molecular weight excluding hydrogens is 472 g/mol. The summed E-state index contributed by atoms with van der Waals surface area (Å²) in [5.74, 6) is 0.0764. The molecular formula is C24H31F2N7OS. The highest BCUT2D eigenvalue weighted by Crippen LogP contribution is 2.43. The quantitative estimate of drug-likeness (QED) is 0.584. The van der Waals surface area contributed by atoms with E-state index in [1.54, 1.807) is 11.0 Å². The molecule has 0 bridgehead atoms. The molecule has 3 aromatic rings. The molecule has 35 heavy (non-hydrogen) atoms. The average molecular weight is 504 g/mol. The van der Waals surface area contributed by atoms with Crippen LogP contribution in [-0.4, -0.2) is 81.6 Å². The van der Waals surface area contributed by atoms with Crippen LogP contribution < -0.4 is 15.1 Å². The molecule has 0 aliphatic carbocycles. The number of alkyl halides is 2. The summed E-state index contributed by atoms with van der Waals surface area (Å²) in [5.41, 5.74) is 3.11. The Morgan fingerprint density at radius 1 is 1.06 bits per heavy atom. The number of anilines is 3. The second-order valence-corrected chi connectivity index (χ2v) is 14.3. The van der Waals surface area contributed by atoms with Crippen molar-refractivity contribution in [2.75, 3.05) is 65.3 Å². The number of benzene rings is 1. The minimum atomic E-state index is -2.67. The van der Waals surface area contributed by atoms with Gasteiger partial charge in [-0.05, 0) is 48.6 Å². The van der Waals surface area contributed by atoms with Crippen LogP contribution in [0.4, 0.5) is 26.2 Å². The van der Waals surface area contributed by atoms with Gasteiger partial charge in [0.2, 0.25) is 5.95 Å². The maximum Gasteiger partial charge on any atom is 0.258 e. The smallest absolute Gasteiger partial charge is 0.258 e. The van der Waals surface area contributed by atoms with E-state index in [1.807, 2.05) is 19.1 Å². The second-order valence-electron chi connectivity index (χ2n) is 9.95. The summed E-state index contributed by atoms with van der Waals surface area (Å²) in [6.07, 6.45) is 5.62. The Balaban J connectivity index is 1.42. The number of nitrogens with one attached hydrogen (secondary N) is 1. The lowest BCUT2D eigenvalue weighted by molar-refractivity contribution is -0.0223. The van der Waals surface area contributed by atoms with Crippen LogP contribution >= 0.6 is 10.0 Å². The fourth-order valence-corrected chi connectivity index (χ4v) is 6.20. The number of amides is 1. The SMILES string of the molecule is Cc1ccc(C(=O)Nc2cc3ncnn3c(N3CCC(F)(F)CC3)n2)c(N2CCS(C)(C)CC2)c1. The van der Waals surface area contributed by atoms with Crippen LogP contribution in [0.5, 0.6) is 0 Å². The van der Waals surface area contributed by atoms with Crippen LogP contribution in [0.15, 0.2) is 30.6 Å². The first-order valence-corrected chi connectivity index (χ1v) is 14.6. The normalized spacial score (nSPS) is 20.6. The monoisotopic (exact) mass is 503 g/mol. The van der Waals surface area contributed by atoms with Gasteiger partial charge < -0.3 is 15.1 Å². The van der Waals surface area contributed by atoms with Gasteiger partial charge in [-0.25, -0.2) is 23.8 Å². The predicted molar refractivity (Wildman–Crippen MR) is 138 cm³/mol. The van der Waals surface area contributed by atoms with E-state index in [9.17, 15) is 13.6 Å². The number of hydrogen-bond donors (Lipinski definition) is 1. The predicted octanol–water partition coefficient (Wildman–Crippen LogP) is 3.80. The molecule has 11 heteroatoms. The van der Waals surface area contributed by atoms with Gasteiger partial charge in [-0.2, -0.15) is 14.6 Å². The summed E-state index contributed by atoms with van der Waals surface area (Å²) in [5, 5.41) is 7.13. The molecule has 2 fully saturated rings. The Morgan fingerprint density at radius 3 is 2.49 bits per heavy atom. The van der Waals surface area contributed by atoms with Gasteiger partial charge >= 0.3 is 0 Å². The van der Waals surface area contributed by atoms with E-state index >= 15 is 0 Å². The van der Waals surface area contributed by atoms with E-state index in [2.05, 4.69) is 43.9 Å². The number of carbonyl (C=O) groups is 1. The number of aromatic nitrogens is 4. The summed E-state index contributed by atoms with van der Waals surface area (Å²) in [6.45, 7) is 4.20. The fraction of sp³-hybridized carbons (Fsp3) is 0.500. The Bertz CT molecular complexity index is 1240. The molecule has 0 saturated carbocycles. The summed E-state index contributed by atoms with van der Waals surface area (Å²) in [7, 11) is -0.573. The van der Waals surface area contributed by atoms with Crippen molar-refractivity contribution in [3.8, 4) is 0 Å². The Kier molecular flexibility index (Phi) is 6.06. The topological polar surface area (TPSA) is 78.7 Å². The van der Waals surface area contributed by atoms with Crippen LogP contribution in [0.25, 0.3) is 5.65 Å². The maximum atomic E-state index is 13.7. The molecule has 0 atom stereocenters. The zero-order chi connectivity index (χ0) is 24.8. The first-order valence-electron chi connectivity index (χ1n) is 11.8. The molecule has 1 amide bonds. The van der Waals surface area contributed by atoms with Crippen LogP contribution in [0, 0.1) is 6.92 Å². The third kappa shape index (κ3) is 5.05. The molecule has 5 rings (SSSR count). The molecule has 188 valence electrons. The Morgan fingerprint density at radius 2 is 1.77 bits per heavy atom. The van der Waals surface area contributed by atoms with Crippen LogP contribution in [-0.2, 0) is 0 Å². The van der Waals surface area contributed by atoms with Gasteiger partial charge in [0, 0.05) is 50.8 Å². The summed E-state index contributed by atoms with van der Waals surface area (Å²) in [4.78, 5) is 26.3. The molecule has 8 nitrogen and oxygen atoms in total. The highest BCUT2D eigenvalue weighted by atomic mass is 32.3. The zero-order valence-electron chi connectivity index (χ0n) is 20.3. The van der Waals surface area contributed by atoms with Gasteiger partial charge in [0.25, 0.3) is 11.8 Å². The van der Waals surface area contributed by atoms with Crippen molar-refractivity contribution >= 4 is 39.0 Å². The van der Waals surface area contributed by atoms with E-state index in [-0.39, 0.29) is 31.8 Å². The maximum absolute atomic E-state index is 13.7. The number of nitrogens with zero attached hydrogens (tertiary/aromatic N) is 6. The lowest BCUT2D eigenvalue weighted by Gasteiger charge is -2.42. The van der Waals surface area contributed by atoms with Crippen molar-refractivity contribution in [3.05, 3.63) is 41.7 Å². The molecule has 0 unspecified atom stereocenters. The highest BCUT2D eigenvalue weighted by Gasteiger charge is 2.35. The molecule has 4 heterocycles. The number of fused-ring (bicyclic) bond motifs is 1. The summed E-state index contributed by atoms with van der Waals surface area (Å²) < 4.78 is 28.9. The van der Waals surface area contributed by atoms with E-state index in [1.165, 1.54) is 10.8 Å². The Labute approximate surface area is 205 Å². The standard InChI is InChI=1S/C24H31F2N7OS/c1-17-4-5-18(19(14-17)31-10-12-35(2,3)13-11-31)22(34)29-20-15-21-27-16-28-33(21)23(30-20)32-8-6-24(25,26)7-9-32/h4-5,14-16H,6-13H2,1-3H3,(H,29,34). The van der Waals surface area contributed by atoms with E-state index in [4.69, 9.17) is 0 Å². The van der Waals surface area contributed by atoms with E-state index in [0.29, 0.717) is 23.0 Å². The summed E-state index contributed by atoms with van der Waals surface area (Å²) >= 11 is 0. The van der Waals surface area contributed by atoms with Gasteiger partial charge in [-0.3, -0.25) is 4.79 Å². The molecule has 2 aromatic heterocycles. The number of aryl methyl sites for hydroxylation is 1. The van der Waals surface area contributed by atoms with Gasteiger partial charge in [-0.1, -0.05) is 6.07 Å². The van der Waals surface area contributed by atoms with Crippen molar-refractivity contribution in [2.45, 2.75) is 25.7 Å². The fourth-order valence-electron chi connectivity index (χ4n) is 4.56. The minimum Gasteiger partial charge on any atom is -0.369 e. The van der Waals surface area contributed by atoms with Gasteiger partial charge in [0.15, 0.2) is 5.65 Å². The van der Waals surface area contributed by atoms with Gasteiger partial charge in [0.1, 0.15) is 12.1 Å². The lowest BCUT2D eigenvalue weighted by Crippen LogP contribution is -2.40. The third-order valence-electron chi connectivity index (χ3n) is 6.84. The molecule has 1 N–H and O–H groups in total. The largest absolute Gasteiger partial charge is 0.369 e. The zero-order valence-corrected chi connectivity index (χ0v) is 21.1. The van der Waals surface area contributed by atoms with Crippen molar-refractivity contribution < 1.29 is 13.6 Å². The first kappa shape index (κ1) is 23.8. The number of rotatable bonds is 4. The highest BCUT2D eigenvalue weighted by molar-refractivity contribution is 8.32. The van der Waals surface area contributed by atoms with Gasteiger partial charge in [0.05, 0.1) is 5.56 Å².